The lowest BCUT2D eigenvalue weighted by Gasteiger charge is -2.17. The summed E-state index contributed by atoms with van der Waals surface area (Å²) < 4.78 is 13.6. The van der Waals surface area contributed by atoms with Crippen molar-refractivity contribution >= 4 is 17.5 Å². The van der Waals surface area contributed by atoms with Gasteiger partial charge in [0.1, 0.15) is 5.82 Å². The molecule has 28 heavy (non-hydrogen) atoms. The summed E-state index contributed by atoms with van der Waals surface area (Å²) in [4.78, 5) is 26.7. The molecule has 142 valence electrons. The molecule has 0 aliphatic rings. The van der Waals surface area contributed by atoms with Crippen molar-refractivity contribution < 1.29 is 14.0 Å². The van der Waals surface area contributed by atoms with E-state index in [4.69, 9.17) is 0 Å². The van der Waals surface area contributed by atoms with E-state index in [0.29, 0.717) is 29.7 Å². The number of halogens is 1. The van der Waals surface area contributed by atoms with Gasteiger partial charge in [0.15, 0.2) is 0 Å². The van der Waals surface area contributed by atoms with Gasteiger partial charge in [0.05, 0.1) is 0 Å². The van der Waals surface area contributed by atoms with Crippen LogP contribution in [0.25, 0.3) is 0 Å². The van der Waals surface area contributed by atoms with Crippen molar-refractivity contribution in [2.75, 3.05) is 18.5 Å². The summed E-state index contributed by atoms with van der Waals surface area (Å²) in [6.45, 7) is 0.307. The molecule has 4 nitrogen and oxygen atoms in total. The molecule has 5 heteroatoms. The van der Waals surface area contributed by atoms with Gasteiger partial charge in [-0.3, -0.25) is 9.59 Å². The zero-order valence-electron chi connectivity index (χ0n) is 15.6. The Hall–Kier alpha value is -3.47. The van der Waals surface area contributed by atoms with Crippen LogP contribution in [0, 0.1) is 5.82 Å². The van der Waals surface area contributed by atoms with Gasteiger partial charge in [0.25, 0.3) is 11.8 Å². The van der Waals surface area contributed by atoms with Crippen molar-refractivity contribution in [2.24, 2.45) is 0 Å². The molecule has 0 aromatic heterocycles. The molecule has 3 rings (SSSR count). The minimum absolute atomic E-state index is 0.202. The fourth-order valence-electron chi connectivity index (χ4n) is 2.87. The zero-order valence-corrected chi connectivity index (χ0v) is 15.6. The smallest absolute Gasteiger partial charge is 0.258 e. The number of hydrogen-bond donors (Lipinski definition) is 1. The summed E-state index contributed by atoms with van der Waals surface area (Å²) in [5, 5.41) is 2.77. The van der Waals surface area contributed by atoms with Crippen molar-refractivity contribution in [2.45, 2.75) is 6.42 Å². The Morgan fingerprint density at radius 2 is 1.57 bits per heavy atom. The van der Waals surface area contributed by atoms with E-state index in [0.717, 1.165) is 5.69 Å². The highest BCUT2D eigenvalue weighted by Crippen LogP contribution is 2.16. The highest BCUT2D eigenvalue weighted by atomic mass is 19.1. The van der Waals surface area contributed by atoms with Crippen LogP contribution in [0.1, 0.15) is 26.3 Å². The number of amides is 2. The molecule has 0 unspecified atom stereocenters. The van der Waals surface area contributed by atoms with Gasteiger partial charge in [-0.05, 0) is 48.4 Å². The van der Waals surface area contributed by atoms with Crippen molar-refractivity contribution in [3.05, 3.63) is 101 Å². The number of carbonyl (C=O) groups is 2. The summed E-state index contributed by atoms with van der Waals surface area (Å²) in [5.74, 6) is -0.783. The Balaban J connectivity index is 1.64. The van der Waals surface area contributed by atoms with Crippen LogP contribution in [0.3, 0.4) is 0 Å². The number of anilines is 1. The van der Waals surface area contributed by atoms with E-state index in [1.165, 1.54) is 11.0 Å². The largest absolute Gasteiger partial charge is 0.352 e. The average Bonchev–Trinajstić information content (AvgIpc) is 2.74. The van der Waals surface area contributed by atoms with Crippen LogP contribution in [0.2, 0.25) is 0 Å². The molecule has 0 spiro atoms. The summed E-state index contributed by atoms with van der Waals surface area (Å²) in [5.41, 5.74) is 2.14. The van der Waals surface area contributed by atoms with Gasteiger partial charge in [0, 0.05) is 30.4 Å². The standard InChI is InChI=1S/C23H21FN2O2/c1-26(20-11-3-2-4-12-20)23(28)19-10-7-9-18(16-19)22(27)25-15-14-17-8-5-6-13-21(17)24/h2-13,16H,14-15H2,1H3,(H,25,27). The van der Waals surface area contributed by atoms with Crippen LogP contribution in [0.4, 0.5) is 10.1 Å². The van der Waals surface area contributed by atoms with Gasteiger partial charge in [-0.2, -0.15) is 0 Å². The molecule has 0 heterocycles. The first kappa shape index (κ1) is 19.3. The molecule has 0 aliphatic carbocycles. The molecule has 1 N–H and O–H groups in total. The predicted octanol–water partition coefficient (Wildman–Crippen LogP) is 4.07. The molecular weight excluding hydrogens is 355 g/mol. The van der Waals surface area contributed by atoms with E-state index >= 15 is 0 Å². The third kappa shape index (κ3) is 4.62. The average molecular weight is 376 g/mol. The van der Waals surface area contributed by atoms with E-state index < -0.39 is 0 Å². The number of nitrogens with zero attached hydrogens (tertiary/aromatic N) is 1. The van der Waals surface area contributed by atoms with Crippen LogP contribution < -0.4 is 10.2 Å². The Kier molecular flexibility index (Phi) is 6.17. The van der Waals surface area contributed by atoms with Gasteiger partial charge < -0.3 is 10.2 Å². The van der Waals surface area contributed by atoms with Gasteiger partial charge in [0.2, 0.25) is 0 Å². The number of nitrogens with one attached hydrogen (secondary N) is 1. The number of hydrogen-bond acceptors (Lipinski definition) is 2. The lowest BCUT2D eigenvalue weighted by molar-refractivity contribution is 0.0954. The molecule has 0 radical (unpaired) electrons. The highest BCUT2D eigenvalue weighted by molar-refractivity contribution is 6.07. The number of benzene rings is 3. The second kappa shape index (κ2) is 8.95. The topological polar surface area (TPSA) is 49.4 Å². The third-order valence-electron chi connectivity index (χ3n) is 4.46. The maximum atomic E-state index is 13.6. The van der Waals surface area contributed by atoms with Crippen LogP contribution in [0.15, 0.2) is 78.9 Å². The monoisotopic (exact) mass is 376 g/mol. The van der Waals surface area contributed by atoms with Crippen LogP contribution in [-0.2, 0) is 6.42 Å². The Labute approximate surface area is 163 Å². The molecule has 0 aliphatic heterocycles. The summed E-state index contributed by atoms with van der Waals surface area (Å²) >= 11 is 0. The first-order valence-electron chi connectivity index (χ1n) is 9.01. The van der Waals surface area contributed by atoms with Crippen molar-refractivity contribution in [1.82, 2.24) is 5.32 Å². The SMILES string of the molecule is CN(C(=O)c1cccc(C(=O)NCCc2ccccc2F)c1)c1ccccc1. The summed E-state index contributed by atoms with van der Waals surface area (Å²) in [6, 6.07) is 22.4. The van der Waals surface area contributed by atoms with Gasteiger partial charge in [-0.1, -0.05) is 42.5 Å². The predicted molar refractivity (Wildman–Crippen MR) is 108 cm³/mol. The lowest BCUT2D eigenvalue weighted by Crippen LogP contribution is -2.28. The Bertz CT molecular complexity index is 973. The Morgan fingerprint density at radius 1 is 0.893 bits per heavy atom. The molecule has 0 saturated heterocycles. The molecule has 2 amide bonds. The minimum Gasteiger partial charge on any atom is -0.352 e. The van der Waals surface area contributed by atoms with Crippen molar-refractivity contribution in [3.8, 4) is 0 Å². The molecule has 0 fully saturated rings. The minimum atomic E-state index is -0.298. The van der Waals surface area contributed by atoms with Crippen molar-refractivity contribution in [3.63, 3.8) is 0 Å². The second-order valence-electron chi connectivity index (χ2n) is 6.38. The second-order valence-corrected chi connectivity index (χ2v) is 6.38. The third-order valence-corrected chi connectivity index (χ3v) is 4.46. The lowest BCUT2D eigenvalue weighted by atomic mass is 10.1. The molecule has 0 saturated carbocycles. The normalized spacial score (nSPS) is 10.4. The fourth-order valence-corrected chi connectivity index (χ4v) is 2.87. The maximum Gasteiger partial charge on any atom is 0.258 e. The summed E-state index contributed by atoms with van der Waals surface area (Å²) in [6.07, 6.45) is 0.397. The van der Waals surface area contributed by atoms with Gasteiger partial charge >= 0.3 is 0 Å². The van der Waals surface area contributed by atoms with Crippen LogP contribution in [-0.4, -0.2) is 25.4 Å². The molecular formula is C23H21FN2O2. The quantitative estimate of drug-likeness (QED) is 0.705. The number of para-hydroxylation sites is 1. The maximum absolute atomic E-state index is 13.6. The van der Waals surface area contributed by atoms with E-state index in [1.807, 2.05) is 30.3 Å². The number of rotatable bonds is 6. The molecule has 0 atom stereocenters. The number of carbonyl (C=O) groups excluding carboxylic acids is 2. The molecule has 3 aromatic rings. The fraction of sp³-hybridized carbons (Fsp3) is 0.130. The van der Waals surface area contributed by atoms with E-state index in [2.05, 4.69) is 5.32 Å². The Morgan fingerprint density at radius 3 is 2.32 bits per heavy atom. The van der Waals surface area contributed by atoms with E-state index in [-0.39, 0.29) is 17.6 Å². The first-order chi connectivity index (χ1) is 13.6. The van der Waals surface area contributed by atoms with E-state index in [1.54, 1.807) is 49.5 Å². The zero-order chi connectivity index (χ0) is 19.9. The van der Waals surface area contributed by atoms with Crippen molar-refractivity contribution in [1.29, 1.82) is 0 Å². The van der Waals surface area contributed by atoms with Gasteiger partial charge in [-0.25, -0.2) is 4.39 Å². The van der Waals surface area contributed by atoms with Crippen LogP contribution >= 0.6 is 0 Å². The van der Waals surface area contributed by atoms with Crippen LogP contribution in [0.5, 0.6) is 0 Å². The van der Waals surface area contributed by atoms with Gasteiger partial charge in [-0.15, -0.1) is 0 Å². The summed E-state index contributed by atoms with van der Waals surface area (Å²) in [7, 11) is 1.69. The molecule has 0 bridgehead atoms. The highest BCUT2D eigenvalue weighted by Gasteiger charge is 2.15. The first-order valence-corrected chi connectivity index (χ1v) is 9.01. The van der Waals surface area contributed by atoms with E-state index in [9.17, 15) is 14.0 Å². The molecule has 3 aromatic carbocycles.